The zero-order valence-corrected chi connectivity index (χ0v) is 12.2. The number of likely N-dealkylation sites (tertiary alicyclic amines) is 1. The molecule has 2 heterocycles. The number of aliphatic hydroxyl groups excluding tert-OH is 1. The van der Waals surface area contributed by atoms with Gasteiger partial charge in [0, 0.05) is 18.7 Å². The predicted molar refractivity (Wildman–Crippen MR) is 79.0 cm³/mol. The number of nitrogens with zero attached hydrogens (tertiary/aromatic N) is 4. The average molecular weight is 288 g/mol. The van der Waals surface area contributed by atoms with Gasteiger partial charge in [-0.15, -0.1) is 5.10 Å². The Hall–Kier alpha value is -1.95. The molecule has 1 N–H and O–H groups in total. The summed E-state index contributed by atoms with van der Waals surface area (Å²) in [6.07, 6.45) is 2.94. The van der Waals surface area contributed by atoms with Crippen molar-refractivity contribution in [2.75, 3.05) is 13.2 Å². The molecule has 0 aliphatic carbocycles. The molecule has 0 saturated carbocycles. The Bertz CT molecular complexity index is 652. The van der Waals surface area contributed by atoms with Crippen molar-refractivity contribution in [3.63, 3.8) is 0 Å². The fourth-order valence-electron chi connectivity index (χ4n) is 2.96. The molecule has 21 heavy (non-hydrogen) atoms. The standard InChI is InChI=1S/C15H20N4O2/c1-2-19-14-7-6-11(9-13(14)16-17-19)15(21)18-8-4-3-5-12(18)10-20/h6-7,9,12,20H,2-5,8,10H2,1H3. The molecule has 1 amide bonds. The zero-order valence-electron chi connectivity index (χ0n) is 12.2. The normalized spacial score (nSPS) is 19.1. The Labute approximate surface area is 123 Å². The molecular weight excluding hydrogens is 268 g/mol. The Morgan fingerprint density at radius 2 is 2.29 bits per heavy atom. The summed E-state index contributed by atoms with van der Waals surface area (Å²) in [5.74, 6) is -0.0262. The lowest BCUT2D eigenvalue weighted by molar-refractivity contribution is 0.0503. The van der Waals surface area contributed by atoms with Crippen LogP contribution in [0.15, 0.2) is 18.2 Å². The summed E-state index contributed by atoms with van der Waals surface area (Å²) in [6.45, 7) is 3.50. The van der Waals surface area contributed by atoms with Crippen LogP contribution in [0, 0.1) is 0 Å². The molecule has 1 aromatic heterocycles. The Balaban J connectivity index is 1.90. The predicted octanol–water partition coefficient (Wildman–Crippen LogP) is 1.44. The third-order valence-electron chi connectivity index (χ3n) is 4.16. The smallest absolute Gasteiger partial charge is 0.254 e. The molecule has 3 rings (SSSR count). The second-order valence-electron chi connectivity index (χ2n) is 5.44. The van der Waals surface area contributed by atoms with Gasteiger partial charge in [0.2, 0.25) is 0 Å². The fraction of sp³-hybridized carbons (Fsp3) is 0.533. The van der Waals surface area contributed by atoms with Crippen molar-refractivity contribution >= 4 is 16.9 Å². The van der Waals surface area contributed by atoms with E-state index >= 15 is 0 Å². The zero-order chi connectivity index (χ0) is 14.8. The van der Waals surface area contributed by atoms with Crippen LogP contribution in [-0.2, 0) is 6.54 Å². The van der Waals surface area contributed by atoms with Crippen molar-refractivity contribution in [1.82, 2.24) is 19.9 Å². The van der Waals surface area contributed by atoms with Gasteiger partial charge in [0.25, 0.3) is 5.91 Å². The van der Waals surface area contributed by atoms with E-state index in [1.807, 2.05) is 19.1 Å². The molecule has 1 saturated heterocycles. The topological polar surface area (TPSA) is 71.2 Å². The number of aliphatic hydroxyl groups is 1. The molecule has 0 bridgehead atoms. The highest BCUT2D eigenvalue weighted by Crippen LogP contribution is 2.21. The lowest BCUT2D eigenvalue weighted by atomic mass is 10.0. The van der Waals surface area contributed by atoms with Crippen LogP contribution in [-0.4, -0.2) is 50.1 Å². The van der Waals surface area contributed by atoms with Gasteiger partial charge < -0.3 is 10.0 Å². The monoisotopic (exact) mass is 288 g/mol. The maximum absolute atomic E-state index is 12.6. The third kappa shape index (κ3) is 2.51. The van der Waals surface area contributed by atoms with E-state index in [1.165, 1.54) is 0 Å². The van der Waals surface area contributed by atoms with Crippen LogP contribution in [0.2, 0.25) is 0 Å². The lowest BCUT2D eigenvalue weighted by Gasteiger charge is -2.34. The third-order valence-corrected chi connectivity index (χ3v) is 4.16. The molecule has 2 aromatic rings. The summed E-state index contributed by atoms with van der Waals surface area (Å²) in [5.41, 5.74) is 2.29. The van der Waals surface area contributed by atoms with Gasteiger partial charge in [-0.25, -0.2) is 4.68 Å². The molecule has 1 aliphatic rings. The number of fused-ring (bicyclic) bond motifs is 1. The van der Waals surface area contributed by atoms with Gasteiger partial charge >= 0.3 is 0 Å². The minimum Gasteiger partial charge on any atom is -0.394 e. The van der Waals surface area contributed by atoms with Crippen LogP contribution >= 0.6 is 0 Å². The molecule has 1 unspecified atom stereocenters. The highest BCUT2D eigenvalue weighted by Gasteiger charge is 2.27. The maximum atomic E-state index is 12.6. The van der Waals surface area contributed by atoms with E-state index in [1.54, 1.807) is 15.6 Å². The SMILES string of the molecule is CCn1nnc2cc(C(=O)N3CCCCC3CO)ccc21. The second-order valence-corrected chi connectivity index (χ2v) is 5.44. The number of rotatable bonds is 3. The number of aryl methyl sites for hydroxylation is 1. The van der Waals surface area contributed by atoms with Gasteiger partial charge in [0.15, 0.2) is 0 Å². The molecule has 6 heteroatoms. The molecule has 0 radical (unpaired) electrons. The van der Waals surface area contributed by atoms with Crippen LogP contribution < -0.4 is 0 Å². The number of carbonyl (C=O) groups excluding carboxylic acids is 1. The Kier molecular flexibility index (Phi) is 3.88. The number of hydrogen-bond acceptors (Lipinski definition) is 4. The lowest BCUT2D eigenvalue weighted by Crippen LogP contribution is -2.45. The highest BCUT2D eigenvalue weighted by molar-refractivity contribution is 5.97. The van der Waals surface area contributed by atoms with Gasteiger partial charge in [-0.05, 0) is 44.4 Å². The molecule has 1 atom stereocenters. The van der Waals surface area contributed by atoms with Gasteiger partial charge in [0.1, 0.15) is 5.52 Å². The minimum atomic E-state index is -0.0618. The van der Waals surface area contributed by atoms with Crippen LogP contribution in [0.4, 0.5) is 0 Å². The molecule has 112 valence electrons. The van der Waals surface area contributed by atoms with Gasteiger partial charge in [0.05, 0.1) is 18.2 Å². The summed E-state index contributed by atoms with van der Waals surface area (Å²) >= 11 is 0. The largest absolute Gasteiger partial charge is 0.394 e. The Morgan fingerprint density at radius 1 is 1.43 bits per heavy atom. The van der Waals surface area contributed by atoms with Gasteiger partial charge in [-0.1, -0.05) is 5.21 Å². The van der Waals surface area contributed by atoms with E-state index in [0.29, 0.717) is 12.1 Å². The summed E-state index contributed by atoms with van der Waals surface area (Å²) < 4.78 is 1.81. The molecule has 0 spiro atoms. The van der Waals surface area contributed by atoms with Crippen molar-refractivity contribution in [1.29, 1.82) is 0 Å². The molecule has 1 aliphatic heterocycles. The Morgan fingerprint density at radius 3 is 3.05 bits per heavy atom. The van der Waals surface area contributed by atoms with Crippen LogP contribution in [0.1, 0.15) is 36.5 Å². The van der Waals surface area contributed by atoms with Crippen molar-refractivity contribution in [2.24, 2.45) is 0 Å². The van der Waals surface area contributed by atoms with E-state index < -0.39 is 0 Å². The van der Waals surface area contributed by atoms with Crippen molar-refractivity contribution in [3.8, 4) is 0 Å². The first-order chi connectivity index (χ1) is 10.2. The highest BCUT2D eigenvalue weighted by atomic mass is 16.3. The summed E-state index contributed by atoms with van der Waals surface area (Å²) in [4.78, 5) is 14.4. The quantitative estimate of drug-likeness (QED) is 0.927. The minimum absolute atomic E-state index is 0.0262. The van der Waals surface area contributed by atoms with Crippen molar-refractivity contribution in [2.45, 2.75) is 38.8 Å². The first-order valence-electron chi connectivity index (χ1n) is 7.49. The second kappa shape index (κ2) is 5.81. The van der Waals surface area contributed by atoms with Crippen LogP contribution in [0.25, 0.3) is 11.0 Å². The number of amides is 1. The number of hydrogen-bond donors (Lipinski definition) is 1. The number of benzene rings is 1. The summed E-state index contributed by atoms with van der Waals surface area (Å²) in [6, 6.07) is 5.45. The van der Waals surface area contributed by atoms with Gasteiger partial charge in [-0.2, -0.15) is 0 Å². The first-order valence-corrected chi connectivity index (χ1v) is 7.49. The van der Waals surface area contributed by atoms with Gasteiger partial charge in [-0.3, -0.25) is 4.79 Å². The summed E-state index contributed by atoms with van der Waals surface area (Å²) in [7, 11) is 0. The van der Waals surface area contributed by atoms with E-state index in [9.17, 15) is 9.90 Å². The molecule has 1 fully saturated rings. The summed E-state index contributed by atoms with van der Waals surface area (Å²) in [5, 5.41) is 17.6. The maximum Gasteiger partial charge on any atom is 0.254 e. The molecule has 6 nitrogen and oxygen atoms in total. The van der Waals surface area contributed by atoms with Crippen LogP contribution in [0.5, 0.6) is 0 Å². The number of piperidine rings is 1. The fourth-order valence-corrected chi connectivity index (χ4v) is 2.96. The van der Waals surface area contributed by atoms with Crippen LogP contribution in [0.3, 0.4) is 0 Å². The average Bonchev–Trinajstić information content (AvgIpc) is 2.96. The molecule has 1 aromatic carbocycles. The molecular formula is C15H20N4O2. The van der Waals surface area contributed by atoms with E-state index in [0.717, 1.165) is 36.8 Å². The number of aromatic nitrogens is 3. The van der Waals surface area contributed by atoms with E-state index in [4.69, 9.17) is 0 Å². The first kappa shape index (κ1) is 14.0. The number of carbonyl (C=O) groups is 1. The van der Waals surface area contributed by atoms with E-state index in [-0.39, 0.29) is 18.6 Å². The van der Waals surface area contributed by atoms with Crippen molar-refractivity contribution in [3.05, 3.63) is 23.8 Å². The van der Waals surface area contributed by atoms with E-state index in [2.05, 4.69) is 10.3 Å². The van der Waals surface area contributed by atoms with Crippen molar-refractivity contribution < 1.29 is 9.90 Å².